The van der Waals surface area contributed by atoms with Gasteiger partial charge in [0.1, 0.15) is 0 Å². The van der Waals surface area contributed by atoms with Crippen LogP contribution < -0.4 is 5.32 Å². The van der Waals surface area contributed by atoms with E-state index in [9.17, 15) is 0 Å². The lowest BCUT2D eigenvalue weighted by atomic mass is 9.81. The van der Waals surface area contributed by atoms with Crippen LogP contribution >= 0.6 is 0 Å². The van der Waals surface area contributed by atoms with Crippen molar-refractivity contribution in [1.82, 2.24) is 10.2 Å². The lowest BCUT2D eigenvalue weighted by Crippen LogP contribution is -2.46. The third-order valence-corrected chi connectivity index (χ3v) is 4.87. The van der Waals surface area contributed by atoms with E-state index in [4.69, 9.17) is 0 Å². The van der Waals surface area contributed by atoms with Crippen molar-refractivity contribution in [2.45, 2.75) is 86.6 Å². The first kappa shape index (κ1) is 20.9. The maximum absolute atomic E-state index is 3.71. The summed E-state index contributed by atoms with van der Waals surface area (Å²) in [4.78, 5) is 2.71. The maximum atomic E-state index is 3.71. The Balaban J connectivity index is 4.58. The van der Waals surface area contributed by atoms with E-state index in [1.165, 1.54) is 45.2 Å². The fraction of sp³-hybridized carbons (Fsp3) is 1.00. The van der Waals surface area contributed by atoms with Gasteiger partial charge < -0.3 is 10.2 Å². The maximum Gasteiger partial charge on any atom is 0.00526 e. The molecule has 2 heteroatoms. The molecule has 0 radical (unpaired) electrons. The Kier molecular flexibility index (Phi) is 11.4. The SMILES string of the molecule is CCCCCN(CC(CC)(CC)CNCC(C)C)C(C)C. The van der Waals surface area contributed by atoms with Gasteiger partial charge in [-0.25, -0.2) is 0 Å². The molecule has 0 aliphatic carbocycles. The summed E-state index contributed by atoms with van der Waals surface area (Å²) in [5, 5.41) is 3.71. The van der Waals surface area contributed by atoms with Crippen molar-refractivity contribution < 1.29 is 0 Å². The van der Waals surface area contributed by atoms with E-state index in [0.717, 1.165) is 19.0 Å². The summed E-state index contributed by atoms with van der Waals surface area (Å²) < 4.78 is 0. The van der Waals surface area contributed by atoms with Crippen molar-refractivity contribution in [3.8, 4) is 0 Å². The summed E-state index contributed by atoms with van der Waals surface area (Å²) in [5.74, 6) is 0.738. The number of hydrogen-bond donors (Lipinski definition) is 1. The smallest absolute Gasteiger partial charge is 0.00526 e. The first-order valence-corrected chi connectivity index (χ1v) is 9.35. The molecule has 0 aromatic heterocycles. The molecule has 0 amide bonds. The zero-order valence-corrected chi connectivity index (χ0v) is 16.0. The molecule has 0 unspecified atom stereocenters. The fourth-order valence-corrected chi connectivity index (χ4v) is 2.92. The lowest BCUT2D eigenvalue weighted by molar-refractivity contribution is 0.107. The van der Waals surface area contributed by atoms with Crippen LogP contribution in [0.4, 0.5) is 0 Å². The van der Waals surface area contributed by atoms with Crippen LogP contribution in [0.15, 0.2) is 0 Å². The van der Waals surface area contributed by atoms with E-state index in [1.807, 2.05) is 0 Å². The minimum atomic E-state index is 0.436. The third kappa shape index (κ3) is 8.83. The molecule has 0 aromatic rings. The molecule has 0 aliphatic heterocycles. The van der Waals surface area contributed by atoms with Crippen LogP contribution in [0.3, 0.4) is 0 Å². The second kappa shape index (κ2) is 11.5. The Labute approximate surface area is 135 Å². The molecule has 128 valence electrons. The number of nitrogens with one attached hydrogen (secondary N) is 1. The van der Waals surface area contributed by atoms with Crippen molar-refractivity contribution >= 4 is 0 Å². The first-order valence-electron chi connectivity index (χ1n) is 9.35. The number of rotatable bonds is 13. The largest absolute Gasteiger partial charge is 0.316 e. The van der Waals surface area contributed by atoms with Gasteiger partial charge in [0.25, 0.3) is 0 Å². The molecule has 0 saturated carbocycles. The van der Waals surface area contributed by atoms with E-state index in [2.05, 4.69) is 58.7 Å². The highest BCUT2D eigenvalue weighted by atomic mass is 15.2. The quantitative estimate of drug-likeness (QED) is 0.485. The predicted molar refractivity (Wildman–Crippen MR) is 97.0 cm³/mol. The topological polar surface area (TPSA) is 15.3 Å². The number of nitrogens with zero attached hydrogens (tertiary/aromatic N) is 1. The van der Waals surface area contributed by atoms with Gasteiger partial charge in [0.2, 0.25) is 0 Å². The molecule has 21 heavy (non-hydrogen) atoms. The van der Waals surface area contributed by atoms with Gasteiger partial charge in [0.05, 0.1) is 0 Å². The predicted octanol–water partition coefficient (Wildman–Crippen LogP) is 4.94. The summed E-state index contributed by atoms with van der Waals surface area (Å²) >= 11 is 0. The highest BCUT2D eigenvalue weighted by Gasteiger charge is 2.29. The van der Waals surface area contributed by atoms with Crippen LogP contribution in [0, 0.1) is 11.3 Å². The van der Waals surface area contributed by atoms with Gasteiger partial charge in [-0.05, 0) is 57.5 Å². The Morgan fingerprint density at radius 2 is 1.57 bits per heavy atom. The van der Waals surface area contributed by atoms with Crippen LogP contribution in [-0.4, -0.2) is 37.1 Å². The minimum Gasteiger partial charge on any atom is -0.316 e. The summed E-state index contributed by atoms with van der Waals surface area (Å²) in [7, 11) is 0. The van der Waals surface area contributed by atoms with Gasteiger partial charge in [-0.2, -0.15) is 0 Å². The van der Waals surface area contributed by atoms with Crippen LogP contribution in [0.5, 0.6) is 0 Å². The van der Waals surface area contributed by atoms with E-state index in [1.54, 1.807) is 0 Å². The number of unbranched alkanes of at least 4 members (excludes halogenated alkanes) is 2. The summed E-state index contributed by atoms with van der Waals surface area (Å²) in [6.07, 6.45) is 6.56. The molecule has 0 bridgehead atoms. The van der Waals surface area contributed by atoms with Crippen LogP contribution in [0.2, 0.25) is 0 Å². The van der Waals surface area contributed by atoms with Crippen molar-refractivity contribution in [2.24, 2.45) is 11.3 Å². The van der Waals surface area contributed by atoms with Gasteiger partial charge in [0, 0.05) is 19.1 Å². The Morgan fingerprint density at radius 3 is 2.00 bits per heavy atom. The molecule has 0 fully saturated rings. The van der Waals surface area contributed by atoms with Gasteiger partial charge >= 0.3 is 0 Å². The zero-order valence-electron chi connectivity index (χ0n) is 16.0. The molecule has 0 spiro atoms. The molecule has 0 aliphatic rings. The van der Waals surface area contributed by atoms with Crippen molar-refractivity contribution in [3.63, 3.8) is 0 Å². The fourth-order valence-electron chi connectivity index (χ4n) is 2.92. The van der Waals surface area contributed by atoms with E-state index >= 15 is 0 Å². The monoisotopic (exact) mass is 298 g/mol. The highest BCUT2D eigenvalue weighted by molar-refractivity contribution is 4.84. The second-order valence-electron chi connectivity index (χ2n) is 7.50. The van der Waals surface area contributed by atoms with E-state index < -0.39 is 0 Å². The minimum absolute atomic E-state index is 0.436. The second-order valence-corrected chi connectivity index (χ2v) is 7.50. The normalized spacial score (nSPS) is 12.9. The highest BCUT2D eigenvalue weighted by Crippen LogP contribution is 2.28. The van der Waals surface area contributed by atoms with Crippen molar-refractivity contribution in [3.05, 3.63) is 0 Å². The van der Waals surface area contributed by atoms with Crippen LogP contribution in [0.25, 0.3) is 0 Å². The van der Waals surface area contributed by atoms with Crippen molar-refractivity contribution in [1.29, 1.82) is 0 Å². The van der Waals surface area contributed by atoms with E-state index in [-0.39, 0.29) is 0 Å². The van der Waals surface area contributed by atoms with Crippen LogP contribution in [0.1, 0.15) is 80.6 Å². The summed E-state index contributed by atoms with van der Waals surface area (Å²) in [5.41, 5.74) is 0.436. The molecule has 0 aromatic carbocycles. The Hall–Kier alpha value is -0.0800. The standard InChI is InChI=1S/C19H42N2/c1-8-11-12-13-21(18(6)7)16-19(9-2,10-3)15-20-14-17(4)5/h17-18,20H,8-16H2,1-7H3. The molecule has 0 heterocycles. The van der Waals surface area contributed by atoms with Gasteiger partial charge in [0.15, 0.2) is 0 Å². The molecule has 0 saturated heterocycles. The molecule has 0 atom stereocenters. The molecule has 1 N–H and O–H groups in total. The average molecular weight is 299 g/mol. The van der Waals surface area contributed by atoms with E-state index in [0.29, 0.717) is 11.5 Å². The van der Waals surface area contributed by atoms with Gasteiger partial charge in [-0.15, -0.1) is 0 Å². The average Bonchev–Trinajstić information content (AvgIpc) is 2.44. The van der Waals surface area contributed by atoms with Gasteiger partial charge in [-0.1, -0.05) is 47.5 Å². The Bertz CT molecular complexity index is 232. The zero-order chi connectivity index (χ0) is 16.3. The molecule has 2 nitrogen and oxygen atoms in total. The number of hydrogen-bond acceptors (Lipinski definition) is 2. The molecule has 0 rings (SSSR count). The van der Waals surface area contributed by atoms with Gasteiger partial charge in [-0.3, -0.25) is 0 Å². The Morgan fingerprint density at radius 1 is 0.952 bits per heavy atom. The summed E-state index contributed by atoms with van der Waals surface area (Å²) in [6, 6.07) is 0.657. The third-order valence-electron chi connectivity index (χ3n) is 4.87. The van der Waals surface area contributed by atoms with Crippen LogP contribution in [-0.2, 0) is 0 Å². The summed E-state index contributed by atoms with van der Waals surface area (Å²) in [6.45, 7) is 21.1. The lowest BCUT2D eigenvalue weighted by Gasteiger charge is -2.39. The molecular formula is C19H42N2. The molecular weight excluding hydrogens is 256 g/mol. The first-order chi connectivity index (χ1) is 9.90. The van der Waals surface area contributed by atoms with Crippen molar-refractivity contribution in [2.75, 3.05) is 26.2 Å².